The summed E-state index contributed by atoms with van der Waals surface area (Å²) in [6.45, 7) is 39.1. The molecule has 396 valence electrons. The van der Waals surface area contributed by atoms with Gasteiger partial charge in [-0.2, -0.15) is 10.5 Å². The minimum Gasteiger partial charge on any atom is -0.493 e. The molecule has 10 nitrogen and oxygen atoms in total. The Balaban J connectivity index is 1.69. The van der Waals surface area contributed by atoms with Gasteiger partial charge in [0.05, 0.1) is 52.5 Å². The van der Waals surface area contributed by atoms with E-state index < -0.39 is 13.9 Å². The number of thiophene rings is 2. The molecule has 73 heavy (non-hydrogen) atoms. The second kappa shape index (κ2) is 30.2. The van der Waals surface area contributed by atoms with Crippen LogP contribution in [0.25, 0.3) is 35.2 Å². The zero-order chi connectivity index (χ0) is 53.4. The molecule has 0 bridgehead atoms. The monoisotopic (exact) mass is 1050 g/mol. The van der Waals surface area contributed by atoms with Crippen molar-refractivity contribution in [1.29, 1.82) is 10.5 Å². The summed E-state index contributed by atoms with van der Waals surface area (Å²) in [4.78, 5) is 9.83. The van der Waals surface area contributed by atoms with Crippen LogP contribution in [0.2, 0.25) is 18.1 Å². The van der Waals surface area contributed by atoms with Crippen LogP contribution >= 0.6 is 22.7 Å². The van der Waals surface area contributed by atoms with Crippen molar-refractivity contribution < 1.29 is 28.1 Å². The molecule has 1 aromatic carbocycles. The number of rotatable bonds is 32. The molecule has 0 aliphatic carbocycles. The fraction of sp³-hybridized carbons (Fsp3) is 0.550. The van der Waals surface area contributed by atoms with Gasteiger partial charge >= 0.3 is 0 Å². The number of hydrogen-bond acceptors (Lipinski definition) is 11. The first-order chi connectivity index (χ1) is 35.0. The molecule has 13 heteroatoms. The fourth-order valence-corrected chi connectivity index (χ4v) is 10.7. The highest BCUT2D eigenvalue weighted by Gasteiger charge is 2.39. The zero-order valence-electron chi connectivity index (χ0n) is 46.3. The van der Waals surface area contributed by atoms with Crippen LogP contribution in [0, 0.1) is 29.2 Å². The molecule has 0 N–H and O–H groups in total. The first kappa shape index (κ1) is 60.3. The van der Waals surface area contributed by atoms with Crippen molar-refractivity contribution >= 4 is 67.1 Å². The van der Waals surface area contributed by atoms with Gasteiger partial charge in [0.25, 0.3) is 0 Å². The van der Waals surface area contributed by atoms with Crippen molar-refractivity contribution in [2.45, 2.75) is 170 Å². The van der Waals surface area contributed by atoms with Gasteiger partial charge in [-0.3, -0.25) is 0 Å². The van der Waals surface area contributed by atoms with Crippen LogP contribution in [0.1, 0.15) is 171 Å². The van der Waals surface area contributed by atoms with Crippen LogP contribution in [0.5, 0.6) is 23.0 Å². The second-order valence-electron chi connectivity index (χ2n) is 20.4. The van der Waals surface area contributed by atoms with E-state index in [1.807, 2.05) is 38.1 Å². The van der Waals surface area contributed by atoms with Gasteiger partial charge < -0.3 is 33.0 Å². The lowest BCUT2D eigenvalue weighted by atomic mass is 9.97. The highest BCUT2D eigenvalue weighted by Crippen LogP contribution is 2.49. The minimum absolute atomic E-state index is 0.00948. The van der Waals surface area contributed by atoms with Gasteiger partial charge in [0.2, 0.25) is 5.70 Å². The van der Waals surface area contributed by atoms with E-state index in [0.717, 1.165) is 120 Å². The first-order valence-electron chi connectivity index (χ1n) is 26.8. The molecule has 0 amide bonds. The number of benzene rings is 1. The van der Waals surface area contributed by atoms with E-state index in [-0.39, 0.29) is 22.1 Å². The number of unbranched alkanes of at least 4 members (excludes halogenated alkanes) is 7. The Kier molecular flexibility index (Phi) is 25.0. The first-order valence-corrected chi connectivity index (χ1v) is 31.3. The highest BCUT2D eigenvalue weighted by atomic mass is 32.1. The van der Waals surface area contributed by atoms with Crippen molar-refractivity contribution in [3.05, 3.63) is 89.4 Å². The average Bonchev–Trinajstić information content (AvgIpc) is 3.96. The Morgan fingerprint density at radius 2 is 1.10 bits per heavy atom. The summed E-state index contributed by atoms with van der Waals surface area (Å²) in [5.41, 5.74) is 1.89. The third-order valence-electron chi connectivity index (χ3n) is 13.2. The average molecular weight is 1050 g/mol. The van der Waals surface area contributed by atoms with Crippen LogP contribution < -0.4 is 23.8 Å². The Labute approximate surface area is 448 Å². The summed E-state index contributed by atoms with van der Waals surface area (Å²) in [6, 6.07) is 12.6. The summed E-state index contributed by atoms with van der Waals surface area (Å²) < 4.78 is 38.8. The lowest BCUT2D eigenvalue weighted by Gasteiger charge is -2.36. The summed E-state index contributed by atoms with van der Waals surface area (Å²) in [5.74, 6) is 2.82. The number of allylic oxidation sites excluding steroid dienone is 1. The summed E-state index contributed by atoms with van der Waals surface area (Å²) >= 11 is 3.18. The van der Waals surface area contributed by atoms with Crippen LogP contribution in [-0.2, 0) is 9.16 Å². The van der Waals surface area contributed by atoms with Gasteiger partial charge in [-0.05, 0) is 119 Å². The summed E-state index contributed by atoms with van der Waals surface area (Å²) in [7, 11) is -1.69. The molecule has 3 heterocycles. The SMILES string of the molecule is [C-]#[N+]C1=C(C=Cc2sc(C=Cc3sc(C=Cc4ccc(N(CC)CCCCCCO[Si](C)(C)C(C)(C)C)cc4)c(OCCCC)c3OCCCC)c(OCCCC)c2OCCCC)C(C)(C)OC1=C(C#N)C#N. The molecule has 0 unspecified atom stereocenters. The van der Waals surface area contributed by atoms with Crippen LogP contribution in [0.15, 0.2) is 52.9 Å². The molecular formula is C60H84N4O6S2Si. The topological polar surface area (TPSA) is 111 Å². The van der Waals surface area contributed by atoms with E-state index >= 15 is 0 Å². The Bertz CT molecular complexity index is 2490. The van der Waals surface area contributed by atoms with E-state index in [1.165, 1.54) is 29.9 Å². The molecule has 2 aromatic heterocycles. The van der Waals surface area contributed by atoms with Gasteiger partial charge in [-0.25, -0.2) is 4.85 Å². The van der Waals surface area contributed by atoms with Crippen LogP contribution in [0.4, 0.5) is 5.69 Å². The Morgan fingerprint density at radius 1 is 0.658 bits per heavy atom. The van der Waals surface area contributed by atoms with Crippen LogP contribution in [-0.4, -0.2) is 60.0 Å². The maximum Gasteiger partial charge on any atom is 0.237 e. The van der Waals surface area contributed by atoms with Crippen molar-refractivity contribution in [2.75, 3.05) is 51.0 Å². The third kappa shape index (κ3) is 17.4. The number of nitrogens with zero attached hydrogens (tertiary/aromatic N) is 4. The van der Waals surface area contributed by atoms with Gasteiger partial charge in [-0.1, -0.05) is 111 Å². The molecular weight excluding hydrogens is 965 g/mol. The maximum absolute atomic E-state index is 9.65. The largest absolute Gasteiger partial charge is 0.493 e. The van der Waals surface area contributed by atoms with Gasteiger partial charge in [0, 0.05) is 31.0 Å². The molecule has 1 aliphatic heterocycles. The van der Waals surface area contributed by atoms with E-state index in [4.69, 9.17) is 34.7 Å². The van der Waals surface area contributed by atoms with Gasteiger partial charge in [-0.15, -0.1) is 22.7 Å². The lowest BCUT2D eigenvalue weighted by molar-refractivity contribution is 0.0954. The smallest absolute Gasteiger partial charge is 0.237 e. The molecule has 4 rings (SSSR count). The van der Waals surface area contributed by atoms with Crippen molar-refractivity contribution in [1.82, 2.24) is 0 Å². The Hall–Kier alpha value is -5.23. The standard InChI is InChI=1S/C60H84N4O6S2Si/c1-14-19-38-65-55-49(33-29-45-27-30-47(31-28-45)64(18-5)37-25-23-24-26-42-69-73(12,13)59(6,7)8)71-51(57(55)67-40-21-16-3)35-36-52-58(68-41-22-17-4)56(66-39-20-15-2)50(72-52)34-32-48-53(63-11)54(46(43-61)44-62)70-60(48,9)10/h27-36H,14-26,37-42H2,1-10,12-13H3. The fourth-order valence-electron chi connectivity index (χ4n) is 7.63. The van der Waals surface area contributed by atoms with Crippen LogP contribution in [0.3, 0.4) is 0 Å². The van der Waals surface area contributed by atoms with E-state index in [9.17, 15) is 10.5 Å². The van der Waals surface area contributed by atoms with Crippen molar-refractivity contribution in [3.8, 4) is 35.1 Å². The molecule has 0 fully saturated rings. The second-order valence-corrected chi connectivity index (χ2v) is 27.4. The molecule has 0 atom stereocenters. The normalized spacial score (nSPS) is 13.7. The summed E-state index contributed by atoms with van der Waals surface area (Å²) in [5, 5.41) is 19.6. The number of anilines is 1. The Morgan fingerprint density at radius 3 is 1.51 bits per heavy atom. The molecule has 3 aromatic rings. The molecule has 0 spiro atoms. The summed E-state index contributed by atoms with van der Waals surface area (Å²) in [6.07, 6.45) is 24.5. The molecule has 0 saturated carbocycles. The third-order valence-corrected chi connectivity index (χ3v) is 19.9. The molecule has 1 aliphatic rings. The quantitative estimate of drug-likeness (QED) is 0.0261. The predicted molar refractivity (Wildman–Crippen MR) is 310 cm³/mol. The lowest BCUT2D eigenvalue weighted by Crippen LogP contribution is -2.40. The minimum atomic E-state index is -1.69. The highest BCUT2D eigenvalue weighted by molar-refractivity contribution is 7.15. The van der Waals surface area contributed by atoms with Gasteiger partial charge in [0.15, 0.2) is 42.6 Å². The van der Waals surface area contributed by atoms with Crippen molar-refractivity contribution in [3.63, 3.8) is 0 Å². The predicted octanol–water partition coefficient (Wildman–Crippen LogP) is 17.6. The number of ether oxygens (including phenoxy) is 5. The maximum atomic E-state index is 9.65. The van der Waals surface area contributed by atoms with Crippen molar-refractivity contribution in [2.24, 2.45) is 0 Å². The molecule has 0 saturated heterocycles. The van der Waals surface area contributed by atoms with E-state index in [1.54, 1.807) is 11.3 Å². The zero-order valence-corrected chi connectivity index (χ0v) is 48.9. The molecule has 0 radical (unpaired) electrons. The van der Waals surface area contributed by atoms with Gasteiger partial charge in [0.1, 0.15) is 17.7 Å². The van der Waals surface area contributed by atoms with E-state index in [2.05, 4.69) is 127 Å². The number of nitriles is 2. The number of hydrogen-bond donors (Lipinski definition) is 0. The van der Waals surface area contributed by atoms with E-state index in [0.29, 0.717) is 43.5 Å².